The fourth-order valence-electron chi connectivity index (χ4n) is 1.12. The molecule has 128 valence electrons. The van der Waals surface area contributed by atoms with E-state index < -0.39 is 34.4 Å². The number of hydrogen-bond acceptors (Lipinski definition) is 8. The van der Waals surface area contributed by atoms with E-state index in [0.717, 1.165) is 0 Å². The molecule has 0 aromatic carbocycles. The van der Waals surface area contributed by atoms with Gasteiger partial charge < -0.3 is 26.2 Å². The fourth-order valence-corrected chi connectivity index (χ4v) is 3.28. The van der Waals surface area contributed by atoms with Crippen LogP contribution in [0, 0.1) is 0 Å². The molecule has 11 heteroatoms. The molecule has 1 aromatic rings. The van der Waals surface area contributed by atoms with Crippen LogP contribution in [-0.4, -0.2) is 70.3 Å². The van der Waals surface area contributed by atoms with Crippen molar-refractivity contribution in [2.45, 2.75) is 17.1 Å². The Bertz CT molecular complexity index is 554. The molecule has 0 radical (unpaired) electrons. The van der Waals surface area contributed by atoms with Crippen LogP contribution in [0.5, 0.6) is 0 Å². The normalized spacial score (nSPS) is 13.9. The van der Waals surface area contributed by atoms with E-state index in [9.17, 15) is 8.42 Å². The first-order valence-electron chi connectivity index (χ1n) is 5.95. The number of nitrogen functional groups attached to an aromatic ring is 1. The largest absolute Gasteiger partial charge is 0.394 e. The number of nitrogens with two attached hydrogens (primary N) is 1. The minimum atomic E-state index is -3.75. The Morgan fingerprint density at radius 3 is 2.18 bits per heavy atom. The zero-order chi connectivity index (χ0) is 17.3. The molecule has 0 fully saturated rings. The summed E-state index contributed by atoms with van der Waals surface area (Å²) in [7, 11) is -3.75. The van der Waals surface area contributed by atoms with Gasteiger partial charge in [-0.25, -0.2) is 13.4 Å². The van der Waals surface area contributed by atoms with Gasteiger partial charge in [0, 0.05) is 16.0 Å². The summed E-state index contributed by atoms with van der Waals surface area (Å²) < 4.78 is 24.0. The molecule has 0 bridgehead atoms. The summed E-state index contributed by atoms with van der Waals surface area (Å²) in [5, 5.41) is 34.6. The van der Waals surface area contributed by atoms with Crippen LogP contribution in [0.1, 0.15) is 0 Å². The number of rotatable bonds is 6. The number of alkyl halides is 1. The molecule has 0 saturated heterocycles. The molecule has 0 aliphatic carbocycles. The SMILES string of the molecule is Nc1ncc(Br)cc1S(=O)(=O)CC(O)CO.OCC(O)CBr. The molecule has 2 unspecified atom stereocenters. The van der Waals surface area contributed by atoms with Gasteiger partial charge in [-0.05, 0) is 22.0 Å². The quantitative estimate of drug-likeness (QED) is 0.345. The molecule has 8 nitrogen and oxygen atoms in total. The molecule has 22 heavy (non-hydrogen) atoms. The number of nitrogens with zero attached hydrogens (tertiary/aromatic N) is 1. The highest BCUT2D eigenvalue weighted by atomic mass is 79.9. The van der Waals surface area contributed by atoms with Crippen molar-refractivity contribution in [3.8, 4) is 0 Å². The van der Waals surface area contributed by atoms with Crippen LogP contribution in [0.3, 0.4) is 0 Å². The second-order valence-corrected chi connectivity index (χ2v) is 7.71. The molecular weight excluding hydrogens is 448 g/mol. The molecule has 0 amide bonds. The van der Waals surface area contributed by atoms with Crippen LogP contribution in [0.4, 0.5) is 5.82 Å². The Labute approximate surface area is 145 Å². The predicted molar refractivity (Wildman–Crippen MR) is 88.4 cm³/mol. The summed E-state index contributed by atoms with van der Waals surface area (Å²) in [6, 6.07) is 1.31. The van der Waals surface area contributed by atoms with Crippen molar-refractivity contribution >= 4 is 47.5 Å². The minimum absolute atomic E-state index is 0.131. The molecule has 1 rings (SSSR count). The molecule has 1 heterocycles. The summed E-state index contributed by atoms with van der Waals surface area (Å²) >= 11 is 6.04. The Morgan fingerprint density at radius 1 is 1.23 bits per heavy atom. The molecule has 0 saturated carbocycles. The summed E-state index contributed by atoms with van der Waals surface area (Å²) in [5.74, 6) is -0.723. The molecule has 6 N–H and O–H groups in total. The van der Waals surface area contributed by atoms with Gasteiger partial charge in [-0.2, -0.15) is 0 Å². The maximum Gasteiger partial charge on any atom is 0.184 e. The van der Waals surface area contributed by atoms with Crippen molar-refractivity contribution in [1.29, 1.82) is 0 Å². The lowest BCUT2D eigenvalue weighted by Gasteiger charge is -2.10. The lowest BCUT2D eigenvalue weighted by atomic mass is 10.4. The van der Waals surface area contributed by atoms with E-state index >= 15 is 0 Å². The van der Waals surface area contributed by atoms with Crippen LogP contribution in [0.25, 0.3) is 0 Å². The van der Waals surface area contributed by atoms with E-state index in [1.54, 1.807) is 0 Å². The average molecular weight is 466 g/mol. The van der Waals surface area contributed by atoms with Crippen molar-refractivity contribution < 1.29 is 28.8 Å². The predicted octanol–water partition coefficient (Wildman–Crippen LogP) is -0.712. The fraction of sp³-hybridized carbons (Fsp3) is 0.545. The third-order valence-corrected chi connectivity index (χ3v) is 5.20. The number of anilines is 1. The van der Waals surface area contributed by atoms with Crippen LogP contribution in [0.15, 0.2) is 21.6 Å². The number of aromatic nitrogens is 1. The first-order chi connectivity index (χ1) is 10.2. The Morgan fingerprint density at radius 2 is 1.77 bits per heavy atom. The first-order valence-corrected chi connectivity index (χ1v) is 9.52. The van der Waals surface area contributed by atoms with Gasteiger partial charge in [0.2, 0.25) is 0 Å². The lowest BCUT2D eigenvalue weighted by molar-refractivity contribution is 0.112. The van der Waals surface area contributed by atoms with Crippen molar-refractivity contribution in [1.82, 2.24) is 4.98 Å². The van der Waals surface area contributed by atoms with E-state index in [2.05, 4.69) is 36.8 Å². The first kappa shape index (κ1) is 21.7. The molecule has 1 aromatic heterocycles. The number of hydrogen-bond donors (Lipinski definition) is 5. The average Bonchev–Trinajstić information content (AvgIpc) is 2.48. The lowest BCUT2D eigenvalue weighted by Crippen LogP contribution is -2.25. The Kier molecular flexibility index (Phi) is 10.3. The van der Waals surface area contributed by atoms with Gasteiger partial charge in [0.05, 0.1) is 31.2 Å². The van der Waals surface area contributed by atoms with Gasteiger partial charge in [-0.15, -0.1) is 0 Å². The van der Waals surface area contributed by atoms with E-state index in [1.807, 2.05) is 0 Å². The van der Waals surface area contributed by atoms with Crippen LogP contribution in [0.2, 0.25) is 0 Å². The van der Waals surface area contributed by atoms with Gasteiger partial charge in [-0.3, -0.25) is 0 Å². The van der Waals surface area contributed by atoms with Gasteiger partial charge in [0.25, 0.3) is 0 Å². The third kappa shape index (κ3) is 7.81. The highest BCUT2D eigenvalue weighted by Gasteiger charge is 2.22. The number of aliphatic hydroxyl groups is 4. The number of aliphatic hydroxyl groups excluding tert-OH is 4. The number of halogens is 2. The van der Waals surface area contributed by atoms with E-state index in [-0.39, 0.29) is 17.3 Å². The maximum absolute atomic E-state index is 11.8. The Hall–Kier alpha value is -0.300. The summed E-state index contributed by atoms with van der Waals surface area (Å²) in [5.41, 5.74) is 5.44. The minimum Gasteiger partial charge on any atom is -0.394 e. The number of sulfone groups is 1. The molecule has 2 atom stereocenters. The van der Waals surface area contributed by atoms with E-state index in [1.165, 1.54) is 12.3 Å². The van der Waals surface area contributed by atoms with E-state index in [4.69, 9.17) is 26.2 Å². The second-order valence-electron chi connectivity index (χ2n) is 4.15. The summed E-state index contributed by atoms with van der Waals surface area (Å²) in [4.78, 5) is 3.53. The molecule has 0 aliphatic rings. The van der Waals surface area contributed by atoms with Gasteiger partial charge >= 0.3 is 0 Å². The smallest absolute Gasteiger partial charge is 0.184 e. The van der Waals surface area contributed by atoms with E-state index in [0.29, 0.717) is 9.80 Å². The van der Waals surface area contributed by atoms with Crippen molar-refractivity contribution in [2.24, 2.45) is 0 Å². The van der Waals surface area contributed by atoms with Crippen molar-refractivity contribution in [2.75, 3.05) is 30.0 Å². The standard InChI is InChI=1S/C8H11BrN2O4S.C3H7BrO2/c9-5-1-7(8(10)11-2-5)16(14,15)4-6(13)3-12;4-1-3(6)2-5/h1-2,6,12-13H,3-4H2,(H2,10,11);3,5-6H,1-2H2. The zero-order valence-corrected chi connectivity index (χ0v) is 15.4. The third-order valence-electron chi connectivity index (χ3n) is 2.19. The van der Waals surface area contributed by atoms with Gasteiger partial charge in [0.15, 0.2) is 9.84 Å². The Balaban J connectivity index is 0.000000626. The molecule has 0 aliphatic heterocycles. The maximum atomic E-state index is 11.8. The molecule has 0 spiro atoms. The highest BCUT2D eigenvalue weighted by Crippen LogP contribution is 2.22. The molecular formula is C11H18Br2N2O6S. The monoisotopic (exact) mass is 464 g/mol. The number of pyridine rings is 1. The second kappa shape index (κ2) is 10.5. The van der Waals surface area contributed by atoms with Gasteiger partial charge in [-0.1, -0.05) is 15.9 Å². The van der Waals surface area contributed by atoms with Crippen LogP contribution in [-0.2, 0) is 9.84 Å². The van der Waals surface area contributed by atoms with Crippen molar-refractivity contribution in [3.05, 3.63) is 16.7 Å². The van der Waals surface area contributed by atoms with Crippen LogP contribution < -0.4 is 5.73 Å². The summed E-state index contributed by atoms with van der Waals surface area (Å²) in [6.07, 6.45) is -0.551. The zero-order valence-electron chi connectivity index (χ0n) is 11.4. The van der Waals surface area contributed by atoms with Gasteiger partial charge in [0.1, 0.15) is 10.7 Å². The summed E-state index contributed by atoms with van der Waals surface area (Å²) in [6.45, 7) is -0.786. The topological polar surface area (TPSA) is 154 Å². The highest BCUT2D eigenvalue weighted by molar-refractivity contribution is 9.10. The van der Waals surface area contributed by atoms with Crippen LogP contribution >= 0.6 is 31.9 Å². The van der Waals surface area contributed by atoms with Crippen molar-refractivity contribution in [3.63, 3.8) is 0 Å².